The number of guanidine groups is 1. The van der Waals surface area contributed by atoms with Crippen molar-refractivity contribution in [3.63, 3.8) is 0 Å². The predicted molar refractivity (Wildman–Crippen MR) is 115 cm³/mol. The zero-order chi connectivity index (χ0) is 18.7. The lowest BCUT2D eigenvalue weighted by molar-refractivity contribution is 0.127. The molecule has 1 aliphatic heterocycles. The molecule has 0 aromatic carbocycles. The van der Waals surface area contributed by atoms with E-state index < -0.39 is 0 Å². The molecule has 27 heavy (non-hydrogen) atoms. The maximum absolute atomic E-state index is 9.33. The standard InChI is InChI=1S/C18H30N4O4.HI/c1-19-17(22-13-18(5-8-23)6-9-25-14-18)21-12-15-4-3-7-20-16(15)26-11-10-24-2;/h3-4,7,23H,5-6,8-14H2,1-2H3,(H2,19,21,22);1H. The average molecular weight is 494 g/mol. The molecular formula is C18H31IN4O4. The maximum Gasteiger partial charge on any atom is 0.218 e. The Bertz CT molecular complexity index is 568. The topological polar surface area (TPSA) is 97.2 Å². The minimum Gasteiger partial charge on any atom is -0.475 e. The fourth-order valence-corrected chi connectivity index (χ4v) is 2.89. The van der Waals surface area contributed by atoms with Gasteiger partial charge in [0.05, 0.1) is 13.2 Å². The lowest BCUT2D eigenvalue weighted by Gasteiger charge is -2.27. The Morgan fingerprint density at radius 2 is 2.26 bits per heavy atom. The zero-order valence-electron chi connectivity index (χ0n) is 16.1. The van der Waals surface area contributed by atoms with E-state index in [2.05, 4.69) is 20.6 Å². The van der Waals surface area contributed by atoms with Crippen LogP contribution >= 0.6 is 24.0 Å². The highest BCUT2D eigenvalue weighted by atomic mass is 127. The molecule has 1 aromatic heterocycles. The second-order valence-electron chi connectivity index (χ2n) is 6.36. The lowest BCUT2D eigenvalue weighted by Crippen LogP contribution is -2.44. The van der Waals surface area contributed by atoms with Crippen molar-refractivity contribution < 1.29 is 19.3 Å². The van der Waals surface area contributed by atoms with E-state index in [1.165, 1.54) is 0 Å². The van der Waals surface area contributed by atoms with Crippen LogP contribution in [0.4, 0.5) is 0 Å². The summed E-state index contributed by atoms with van der Waals surface area (Å²) >= 11 is 0. The number of nitrogens with zero attached hydrogens (tertiary/aromatic N) is 2. The highest BCUT2D eigenvalue weighted by molar-refractivity contribution is 14.0. The van der Waals surface area contributed by atoms with Gasteiger partial charge >= 0.3 is 0 Å². The Hall–Kier alpha value is -1.17. The number of aliphatic hydroxyl groups excluding tert-OH is 1. The average Bonchev–Trinajstić information content (AvgIpc) is 3.12. The first kappa shape index (κ1) is 23.9. The van der Waals surface area contributed by atoms with Gasteiger partial charge in [-0.1, -0.05) is 6.07 Å². The van der Waals surface area contributed by atoms with Crippen molar-refractivity contribution in [3.05, 3.63) is 23.9 Å². The van der Waals surface area contributed by atoms with Crippen LogP contribution in [0.2, 0.25) is 0 Å². The molecule has 1 aliphatic rings. The molecule has 1 fully saturated rings. The van der Waals surface area contributed by atoms with Gasteiger partial charge in [-0.05, 0) is 18.9 Å². The third-order valence-electron chi connectivity index (χ3n) is 4.50. The summed E-state index contributed by atoms with van der Waals surface area (Å²) < 4.78 is 16.2. The van der Waals surface area contributed by atoms with Gasteiger partial charge in [-0.15, -0.1) is 24.0 Å². The lowest BCUT2D eigenvalue weighted by atomic mass is 9.84. The Morgan fingerprint density at radius 1 is 1.41 bits per heavy atom. The largest absolute Gasteiger partial charge is 0.475 e. The molecule has 0 aliphatic carbocycles. The van der Waals surface area contributed by atoms with E-state index in [9.17, 15) is 5.11 Å². The van der Waals surface area contributed by atoms with Crippen molar-refractivity contribution in [2.24, 2.45) is 10.4 Å². The Kier molecular flexibility index (Phi) is 11.6. The molecule has 0 radical (unpaired) electrons. The molecule has 9 heteroatoms. The maximum atomic E-state index is 9.33. The summed E-state index contributed by atoms with van der Waals surface area (Å²) in [4.78, 5) is 8.55. The van der Waals surface area contributed by atoms with Gasteiger partial charge in [0.15, 0.2) is 5.96 Å². The molecule has 1 unspecified atom stereocenters. The normalized spacial score (nSPS) is 19.4. The number of ether oxygens (including phenoxy) is 3. The molecule has 154 valence electrons. The van der Waals surface area contributed by atoms with E-state index in [-0.39, 0.29) is 36.0 Å². The van der Waals surface area contributed by atoms with Crippen molar-refractivity contribution in [3.8, 4) is 5.88 Å². The summed E-state index contributed by atoms with van der Waals surface area (Å²) in [6.07, 6.45) is 3.37. The van der Waals surface area contributed by atoms with Gasteiger partial charge in [0.25, 0.3) is 0 Å². The van der Waals surface area contributed by atoms with Crippen LogP contribution in [0.1, 0.15) is 18.4 Å². The summed E-state index contributed by atoms with van der Waals surface area (Å²) in [5.41, 5.74) is 0.913. The van der Waals surface area contributed by atoms with E-state index in [4.69, 9.17) is 14.2 Å². The van der Waals surface area contributed by atoms with Crippen LogP contribution in [0.25, 0.3) is 0 Å². The fraction of sp³-hybridized carbons (Fsp3) is 0.667. The summed E-state index contributed by atoms with van der Waals surface area (Å²) in [7, 11) is 3.37. The number of halogens is 1. The first-order chi connectivity index (χ1) is 12.7. The number of hydrogen-bond acceptors (Lipinski definition) is 6. The van der Waals surface area contributed by atoms with E-state index >= 15 is 0 Å². The number of aromatic nitrogens is 1. The number of methoxy groups -OCH3 is 1. The van der Waals surface area contributed by atoms with E-state index in [0.29, 0.717) is 44.7 Å². The molecule has 0 bridgehead atoms. The summed E-state index contributed by atoms with van der Waals surface area (Å²) in [6, 6.07) is 3.84. The van der Waals surface area contributed by atoms with Crippen molar-refractivity contribution in [1.29, 1.82) is 0 Å². The van der Waals surface area contributed by atoms with Gasteiger partial charge in [-0.2, -0.15) is 0 Å². The van der Waals surface area contributed by atoms with Gasteiger partial charge in [-0.25, -0.2) is 4.98 Å². The second kappa shape index (κ2) is 13.1. The number of aliphatic hydroxyl groups is 1. The van der Waals surface area contributed by atoms with Gasteiger partial charge in [0, 0.05) is 57.6 Å². The first-order valence-corrected chi connectivity index (χ1v) is 8.92. The van der Waals surface area contributed by atoms with Crippen LogP contribution in [-0.2, 0) is 16.0 Å². The fourth-order valence-electron chi connectivity index (χ4n) is 2.89. The monoisotopic (exact) mass is 494 g/mol. The summed E-state index contributed by atoms with van der Waals surface area (Å²) in [6.45, 7) is 3.79. The van der Waals surface area contributed by atoms with Crippen LogP contribution < -0.4 is 15.4 Å². The highest BCUT2D eigenvalue weighted by Crippen LogP contribution is 2.31. The summed E-state index contributed by atoms with van der Waals surface area (Å²) in [5, 5.41) is 16.0. The number of pyridine rings is 1. The molecular weight excluding hydrogens is 463 g/mol. The van der Waals surface area contributed by atoms with Crippen molar-refractivity contribution in [2.45, 2.75) is 19.4 Å². The molecule has 0 saturated carbocycles. The molecule has 1 aromatic rings. The van der Waals surface area contributed by atoms with Gasteiger partial charge in [-0.3, -0.25) is 4.99 Å². The third kappa shape index (κ3) is 7.76. The van der Waals surface area contributed by atoms with Crippen LogP contribution in [0.5, 0.6) is 5.88 Å². The number of nitrogens with one attached hydrogen (secondary N) is 2. The van der Waals surface area contributed by atoms with Gasteiger partial charge < -0.3 is 30.0 Å². The molecule has 8 nitrogen and oxygen atoms in total. The number of rotatable bonds is 10. The van der Waals surface area contributed by atoms with Crippen LogP contribution in [0, 0.1) is 5.41 Å². The van der Waals surface area contributed by atoms with Gasteiger partial charge in [0.1, 0.15) is 6.61 Å². The molecule has 2 rings (SSSR count). The Morgan fingerprint density at radius 3 is 2.93 bits per heavy atom. The van der Waals surface area contributed by atoms with Gasteiger partial charge in [0.2, 0.25) is 5.88 Å². The zero-order valence-corrected chi connectivity index (χ0v) is 18.4. The van der Waals surface area contributed by atoms with E-state index in [1.807, 2.05) is 12.1 Å². The van der Waals surface area contributed by atoms with Crippen molar-refractivity contribution in [1.82, 2.24) is 15.6 Å². The quantitative estimate of drug-likeness (QED) is 0.195. The molecule has 2 heterocycles. The number of aliphatic imine (C=N–C) groups is 1. The number of hydrogen-bond donors (Lipinski definition) is 3. The van der Waals surface area contributed by atoms with E-state index in [1.54, 1.807) is 20.4 Å². The molecule has 1 atom stereocenters. The Balaban J connectivity index is 0.00000364. The SMILES string of the molecule is CN=C(NCc1cccnc1OCCOC)NCC1(CCO)CCOC1.I. The van der Waals surface area contributed by atoms with Crippen LogP contribution in [0.15, 0.2) is 23.3 Å². The highest BCUT2D eigenvalue weighted by Gasteiger charge is 2.34. The second-order valence-corrected chi connectivity index (χ2v) is 6.36. The van der Waals surface area contributed by atoms with Crippen LogP contribution in [0.3, 0.4) is 0 Å². The molecule has 0 amide bonds. The molecule has 0 spiro atoms. The molecule has 3 N–H and O–H groups in total. The van der Waals surface area contributed by atoms with E-state index in [0.717, 1.165) is 25.0 Å². The minimum absolute atomic E-state index is 0. The first-order valence-electron chi connectivity index (χ1n) is 8.92. The van der Waals surface area contributed by atoms with Crippen molar-refractivity contribution >= 4 is 29.9 Å². The minimum atomic E-state index is -0.0326. The smallest absolute Gasteiger partial charge is 0.218 e. The third-order valence-corrected chi connectivity index (χ3v) is 4.50. The predicted octanol–water partition coefficient (Wildman–Crippen LogP) is 1.18. The Labute approximate surface area is 178 Å². The van der Waals surface area contributed by atoms with Crippen LogP contribution in [-0.4, -0.2) is 69.8 Å². The summed E-state index contributed by atoms with van der Waals surface area (Å²) in [5.74, 6) is 1.29. The molecule has 1 saturated heterocycles. The van der Waals surface area contributed by atoms with Crippen molar-refractivity contribution in [2.75, 3.05) is 53.7 Å².